The zero-order valence-electron chi connectivity index (χ0n) is 19.5. The van der Waals surface area contributed by atoms with Crippen LogP contribution in [0, 0.1) is 6.92 Å². The highest BCUT2D eigenvalue weighted by Crippen LogP contribution is 2.46. The molecule has 0 bridgehead atoms. The molecule has 8 heteroatoms. The average Bonchev–Trinajstić information content (AvgIpc) is 3.40. The van der Waals surface area contributed by atoms with E-state index < -0.39 is 11.5 Å². The molecule has 8 nitrogen and oxygen atoms in total. The lowest BCUT2D eigenvalue weighted by Gasteiger charge is -2.47. The van der Waals surface area contributed by atoms with Gasteiger partial charge in [-0.25, -0.2) is 9.50 Å². The van der Waals surface area contributed by atoms with E-state index in [0.29, 0.717) is 12.8 Å². The summed E-state index contributed by atoms with van der Waals surface area (Å²) >= 11 is 0. The van der Waals surface area contributed by atoms with Crippen molar-refractivity contribution in [3.05, 3.63) is 59.4 Å². The molecule has 2 atom stereocenters. The highest BCUT2D eigenvalue weighted by molar-refractivity contribution is 5.89. The van der Waals surface area contributed by atoms with Gasteiger partial charge >= 0.3 is 0 Å². The van der Waals surface area contributed by atoms with Gasteiger partial charge in [0.15, 0.2) is 5.65 Å². The predicted molar refractivity (Wildman–Crippen MR) is 127 cm³/mol. The first kappa shape index (κ1) is 21.9. The Kier molecular flexibility index (Phi) is 5.37. The lowest BCUT2D eigenvalue weighted by molar-refractivity contribution is -0.147. The van der Waals surface area contributed by atoms with Crippen LogP contribution >= 0.6 is 0 Å². The third-order valence-electron chi connectivity index (χ3n) is 7.38. The van der Waals surface area contributed by atoms with Crippen molar-refractivity contribution in [2.75, 3.05) is 25.0 Å². The fourth-order valence-electron chi connectivity index (χ4n) is 5.27. The molecule has 1 aromatic carbocycles. The molecule has 3 N–H and O–H groups in total. The van der Waals surface area contributed by atoms with Gasteiger partial charge in [-0.05, 0) is 38.7 Å². The second kappa shape index (κ2) is 8.11. The third kappa shape index (κ3) is 3.67. The molecule has 5 rings (SSSR count). The number of aliphatic hydroxyl groups excluding tert-OH is 1. The van der Waals surface area contributed by atoms with Crippen molar-refractivity contribution in [2.24, 2.45) is 5.73 Å². The van der Waals surface area contributed by atoms with Crippen molar-refractivity contribution in [3.63, 3.8) is 0 Å². The Labute approximate surface area is 194 Å². The number of likely N-dealkylation sites (N-methyl/N-ethyl adjacent to an activating group) is 1. The number of rotatable bonds is 5. The van der Waals surface area contributed by atoms with E-state index in [1.54, 1.807) is 9.42 Å². The zero-order chi connectivity index (χ0) is 23.3. The summed E-state index contributed by atoms with van der Waals surface area (Å²) in [7, 11) is 1.82. The summed E-state index contributed by atoms with van der Waals surface area (Å²) in [4.78, 5) is 22.5. The Balaban J connectivity index is 1.42. The van der Waals surface area contributed by atoms with E-state index in [9.17, 15) is 9.90 Å². The van der Waals surface area contributed by atoms with Gasteiger partial charge in [0.25, 0.3) is 0 Å². The van der Waals surface area contributed by atoms with Gasteiger partial charge in [0.1, 0.15) is 5.82 Å². The molecule has 0 unspecified atom stereocenters. The number of carbonyl (C=O) groups excluding carboxylic acids is 1. The number of fused-ring (bicyclic) bond motifs is 1. The maximum Gasteiger partial charge on any atom is 0.233 e. The summed E-state index contributed by atoms with van der Waals surface area (Å²) in [6.07, 6.45) is 3.41. The molecule has 1 aliphatic carbocycles. The number of aliphatic hydroxyl groups is 1. The van der Waals surface area contributed by atoms with Crippen molar-refractivity contribution in [1.82, 2.24) is 19.5 Å². The summed E-state index contributed by atoms with van der Waals surface area (Å²) in [5, 5.41) is 14.8. The van der Waals surface area contributed by atoms with Crippen LogP contribution in [-0.2, 0) is 10.2 Å². The second-order valence-electron chi connectivity index (χ2n) is 9.72. The van der Waals surface area contributed by atoms with Gasteiger partial charge in [0.2, 0.25) is 5.91 Å². The van der Waals surface area contributed by atoms with Crippen molar-refractivity contribution in [2.45, 2.75) is 56.7 Å². The van der Waals surface area contributed by atoms with Gasteiger partial charge in [-0.2, -0.15) is 5.10 Å². The summed E-state index contributed by atoms with van der Waals surface area (Å²) in [5.74, 6) is 0.963. The number of aryl methyl sites for hydroxylation is 1. The quantitative estimate of drug-likeness (QED) is 0.621. The highest BCUT2D eigenvalue weighted by atomic mass is 16.3. The molecule has 3 aromatic rings. The smallest absolute Gasteiger partial charge is 0.233 e. The maximum absolute atomic E-state index is 13.7. The van der Waals surface area contributed by atoms with Crippen LogP contribution in [0.4, 0.5) is 5.82 Å². The molecule has 1 saturated carbocycles. The monoisotopic (exact) mass is 448 g/mol. The summed E-state index contributed by atoms with van der Waals surface area (Å²) in [6, 6.07) is 11.7. The van der Waals surface area contributed by atoms with Crippen LogP contribution in [0.3, 0.4) is 0 Å². The van der Waals surface area contributed by atoms with Gasteiger partial charge in [-0.15, -0.1) is 0 Å². The first-order valence-electron chi connectivity index (χ1n) is 11.7. The van der Waals surface area contributed by atoms with Gasteiger partial charge in [-0.3, -0.25) is 4.79 Å². The van der Waals surface area contributed by atoms with Crippen molar-refractivity contribution in [1.29, 1.82) is 0 Å². The molecule has 1 amide bonds. The molecule has 174 valence electrons. The van der Waals surface area contributed by atoms with E-state index in [1.165, 1.54) is 0 Å². The minimum atomic E-state index is -0.681. The van der Waals surface area contributed by atoms with Crippen molar-refractivity contribution < 1.29 is 9.90 Å². The maximum atomic E-state index is 13.7. The molecule has 0 radical (unpaired) electrons. The average molecular weight is 449 g/mol. The Morgan fingerprint density at radius 3 is 2.67 bits per heavy atom. The van der Waals surface area contributed by atoms with Crippen LogP contribution < -0.4 is 10.6 Å². The van der Waals surface area contributed by atoms with Crippen LogP contribution in [0.25, 0.3) is 5.65 Å². The van der Waals surface area contributed by atoms with E-state index in [1.807, 2.05) is 63.5 Å². The van der Waals surface area contributed by atoms with Crippen molar-refractivity contribution >= 4 is 17.4 Å². The summed E-state index contributed by atoms with van der Waals surface area (Å²) < 4.78 is 1.79. The number of nitrogens with two attached hydrogens (primary N) is 1. The number of hydrogen-bond acceptors (Lipinski definition) is 6. The molecule has 1 aliphatic heterocycles. The first-order chi connectivity index (χ1) is 15.8. The Morgan fingerprint density at radius 1 is 1.30 bits per heavy atom. The summed E-state index contributed by atoms with van der Waals surface area (Å²) in [6.45, 7) is 5.75. The number of nitrogens with zero attached hydrogens (tertiary/aromatic N) is 5. The minimum absolute atomic E-state index is 0.0134. The van der Waals surface area contributed by atoms with E-state index in [-0.39, 0.29) is 18.0 Å². The fourth-order valence-corrected chi connectivity index (χ4v) is 5.27. The number of amides is 1. The van der Waals surface area contributed by atoms with Gasteiger partial charge < -0.3 is 20.6 Å². The van der Waals surface area contributed by atoms with Gasteiger partial charge in [0, 0.05) is 44.0 Å². The first-order valence-corrected chi connectivity index (χ1v) is 11.7. The largest absolute Gasteiger partial charge is 0.393 e. The van der Waals surface area contributed by atoms with Gasteiger partial charge in [0.05, 0.1) is 23.3 Å². The minimum Gasteiger partial charge on any atom is -0.393 e. The molecule has 33 heavy (non-hydrogen) atoms. The number of hydrogen-bond donors (Lipinski definition) is 2. The summed E-state index contributed by atoms with van der Waals surface area (Å²) in [5.41, 5.74) is 8.97. The molecule has 0 spiro atoms. The van der Waals surface area contributed by atoms with Crippen molar-refractivity contribution in [3.8, 4) is 0 Å². The number of aromatic nitrogens is 3. The molecule has 2 fully saturated rings. The SMILES string of the molecule is Cc1cn2nc([C@H](C)N(C)C(=O)C3(c4ccccc4)CC(O)C3)cc2nc1N1CC[C@H](N)C1. The van der Waals surface area contributed by atoms with Gasteiger partial charge in [-0.1, -0.05) is 30.3 Å². The van der Waals surface area contributed by atoms with E-state index in [0.717, 1.165) is 47.8 Å². The molecular formula is C25H32N6O2. The Hall–Kier alpha value is -2.97. The van der Waals surface area contributed by atoms with E-state index in [4.69, 9.17) is 15.8 Å². The van der Waals surface area contributed by atoms with E-state index in [2.05, 4.69) is 4.90 Å². The molecule has 3 heterocycles. The van der Waals surface area contributed by atoms with Crippen LogP contribution in [-0.4, -0.2) is 62.8 Å². The number of anilines is 1. The lowest BCUT2D eigenvalue weighted by atomic mass is 9.61. The Morgan fingerprint density at radius 2 is 2.03 bits per heavy atom. The standard InChI is InChI=1S/C25H32N6O2/c1-16-14-31-22(27-23(16)30-10-9-19(26)15-30)11-21(28-31)17(2)29(3)24(33)25(12-20(32)13-25)18-7-5-4-6-8-18/h4-8,11,14,17,19-20,32H,9-10,12-13,15,26H2,1-3H3/t17-,19-,20?,25?/m0/s1. The molecule has 1 saturated heterocycles. The van der Waals surface area contributed by atoms with Crippen LogP contribution in [0.15, 0.2) is 42.6 Å². The normalized spacial score (nSPS) is 25.8. The molecule has 2 aromatic heterocycles. The fraction of sp³-hybridized carbons (Fsp3) is 0.480. The predicted octanol–water partition coefficient (Wildman–Crippen LogP) is 2.19. The molecular weight excluding hydrogens is 416 g/mol. The highest BCUT2D eigenvalue weighted by Gasteiger charge is 2.52. The lowest BCUT2D eigenvalue weighted by Crippen LogP contribution is -2.55. The number of carbonyl (C=O) groups is 1. The third-order valence-corrected chi connectivity index (χ3v) is 7.38. The molecule has 2 aliphatic rings. The topological polar surface area (TPSA) is 100.0 Å². The van der Waals surface area contributed by atoms with Crippen LogP contribution in [0.2, 0.25) is 0 Å². The van der Waals surface area contributed by atoms with Crippen LogP contribution in [0.5, 0.6) is 0 Å². The van der Waals surface area contributed by atoms with Crippen LogP contribution in [0.1, 0.15) is 49.0 Å². The zero-order valence-corrected chi connectivity index (χ0v) is 19.5. The second-order valence-corrected chi connectivity index (χ2v) is 9.72. The van der Waals surface area contributed by atoms with E-state index >= 15 is 0 Å². The Bertz CT molecular complexity index is 1170. The number of benzene rings is 1.